The van der Waals surface area contributed by atoms with Crippen molar-refractivity contribution in [1.82, 2.24) is 9.97 Å². The Bertz CT molecular complexity index is 536. The molecule has 2 heterocycles. The number of primary amides is 1. The zero-order valence-electron chi connectivity index (χ0n) is 8.21. The number of pyridine rings is 1. The number of nitrogens with zero attached hydrogens (tertiary/aromatic N) is 1. The summed E-state index contributed by atoms with van der Waals surface area (Å²) in [5.74, 6) is -0.722. The summed E-state index contributed by atoms with van der Waals surface area (Å²) in [4.78, 5) is 17.7. The molecule has 0 aromatic carbocycles. The maximum Gasteiger partial charge on any atom is 0.268 e. The zero-order valence-corrected chi connectivity index (χ0v) is 8.21. The molecular weight excluding hydrogens is 216 g/mol. The second-order valence-electron chi connectivity index (χ2n) is 3.36. The standard InChI is InChI=1S/C10H9F2N3O/c11-7(12)3-5-4-15-6-1-2-14-9(8(5)6)10(13)16/h1-2,4,7,15H,3H2,(H2,13,16). The molecule has 0 aliphatic heterocycles. The average Bonchev–Trinajstić information content (AvgIpc) is 2.60. The highest BCUT2D eigenvalue weighted by atomic mass is 19.3. The molecule has 0 bridgehead atoms. The number of rotatable bonds is 3. The van der Waals surface area contributed by atoms with E-state index < -0.39 is 18.8 Å². The number of amides is 1. The first kappa shape index (κ1) is 10.5. The lowest BCUT2D eigenvalue weighted by atomic mass is 10.1. The van der Waals surface area contributed by atoms with E-state index >= 15 is 0 Å². The van der Waals surface area contributed by atoms with Crippen molar-refractivity contribution < 1.29 is 13.6 Å². The summed E-state index contributed by atoms with van der Waals surface area (Å²) in [5.41, 5.74) is 6.09. The summed E-state index contributed by atoms with van der Waals surface area (Å²) in [5, 5.41) is 0.385. The van der Waals surface area contributed by atoms with Gasteiger partial charge in [0.1, 0.15) is 5.69 Å². The van der Waals surface area contributed by atoms with Gasteiger partial charge in [-0.05, 0) is 11.6 Å². The summed E-state index contributed by atoms with van der Waals surface area (Å²) >= 11 is 0. The van der Waals surface area contributed by atoms with Crippen LogP contribution in [0, 0.1) is 0 Å². The Hall–Kier alpha value is -1.98. The van der Waals surface area contributed by atoms with E-state index in [1.165, 1.54) is 12.4 Å². The predicted octanol–water partition coefficient (Wildman–Crippen LogP) is 1.47. The van der Waals surface area contributed by atoms with Gasteiger partial charge >= 0.3 is 0 Å². The van der Waals surface area contributed by atoms with E-state index in [0.29, 0.717) is 16.5 Å². The molecular formula is C10H9F2N3O. The fourth-order valence-corrected chi connectivity index (χ4v) is 1.66. The Labute approximate surface area is 89.5 Å². The molecule has 2 aromatic rings. The molecule has 4 nitrogen and oxygen atoms in total. The largest absolute Gasteiger partial charge is 0.364 e. The molecule has 2 rings (SSSR count). The second-order valence-corrected chi connectivity index (χ2v) is 3.36. The number of hydrogen-bond donors (Lipinski definition) is 2. The molecule has 0 aliphatic carbocycles. The van der Waals surface area contributed by atoms with Crippen LogP contribution in [0.5, 0.6) is 0 Å². The van der Waals surface area contributed by atoms with Crippen LogP contribution in [0.4, 0.5) is 8.78 Å². The first-order valence-corrected chi connectivity index (χ1v) is 4.62. The van der Waals surface area contributed by atoms with E-state index in [4.69, 9.17) is 5.73 Å². The van der Waals surface area contributed by atoms with Gasteiger partial charge in [0.2, 0.25) is 6.43 Å². The van der Waals surface area contributed by atoms with E-state index in [2.05, 4.69) is 9.97 Å². The highest BCUT2D eigenvalue weighted by Crippen LogP contribution is 2.22. The lowest BCUT2D eigenvalue weighted by Crippen LogP contribution is -2.14. The number of fused-ring (bicyclic) bond motifs is 1. The van der Waals surface area contributed by atoms with Crippen LogP contribution in [0.3, 0.4) is 0 Å². The first-order valence-electron chi connectivity index (χ1n) is 4.62. The summed E-state index contributed by atoms with van der Waals surface area (Å²) in [6.45, 7) is 0. The fraction of sp³-hybridized carbons (Fsp3) is 0.200. The Morgan fingerprint density at radius 1 is 1.56 bits per heavy atom. The normalized spacial score (nSPS) is 11.2. The van der Waals surface area contributed by atoms with Gasteiger partial charge in [0, 0.05) is 29.7 Å². The molecule has 1 amide bonds. The molecule has 0 aliphatic rings. The number of carbonyl (C=O) groups excluding carboxylic acids is 1. The molecule has 0 radical (unpaired) electrons. The topological polar surface area (TPSA) is 71.8 Å². The van der Waals surface area contributed by atoms with Crippen molar-refractivity contribution in [3.63, 3.8) is 0 Å². The van der Waals surface area contributed by atoms with Gasteiger partial charge < -0.3 is 10.7 Å². The van der Waals surface area contributed by atoms with Crippen molar-refractivity contribution in [2.45, 2.75) is 12.8 Å². The number of nitrogens with two attached hydrogens (primary N) is 1. The number of halogens is 2. The van der Waals surface area contributed by atoms with Gasteiger partial charge in [0.25, 0.3) is 5.91 Å². The van der Waals surface area contributed by atoms with Gasteiger partial charge in [-0.1, -0.05) is 0 Å². The lowest BCUT2D eigenvalue weighted by Gasteiger charge is -2.01. The SMILES string of the molecule is NC(=O)c1nccc2[nH]cc(CC(F)F)c12. The molecule has 3 N–H and O–H groups in total. The van der Waals surface area contributed by atoms with E-state index in [-0.39, 0.29) is 5.69 Å². The lowest BCUT2D eigenvalue weighted by molar-refractivity contribution is 0.0997. The molecule has 2 aromatic heterocycles. The predicted molar refractivity (Wildman–Crippen MR) is 54.3 cm³/mol. The van der Waals surface area contributed by atoms with Crippen molar-refractivity contribution >= 4 is 16.8 Å². The van der Waals surface area contributed by atoms with Crippen molar-refractivity contribution in [2.24, 2.45) is 5.73 Å². The Balaban J connectivity index is 2.63. The van der Waals surface area contributed by atoms with E-state index in [1.807, 2.05) is 0 Å². The third-order valence-electron chi connectivity index (χ3n) is 2.28. The Kier molecular flexibility index (Phi) is 2.55. The molecule has 0 spiro atoms. The molecule has 84 valence electrons. The number of alkyl halides is 2. The van der Waals surface area contributed by atoms with Crippen LogP contribution in [-0.2, 0) is 6.42 Å². The van der Waals surface area contributed by atoms with Gasteiger partial charge in [-0.15, -0.1) is 0 Å². The van der Waals surface area contributed by atoms with Gasteiger partial charge in [-0.3, -0.25) is 9.78 Å². The van der Waals surface area contributed by atoms with Gasteiger partial charge in [0.05, 0.1) is 0 Å². The van der Waals surface area contributed by atoms with Gasteiger partial charge in [-0.2, -0.15) is 0 Å². The minimum atomic E-state index is -2.47. The number of H-pyrrole nitrogens is 1. The highest BCUT2D eigenvalue weighted by Gasteiger charge is 2.16. The number of hydrogen-bond acceptors (Lipinski definition) is 2. The maximum absolute atomic E-state index is 12.3. The Morgan fingerprint density at radius 2 is 2.31 bits per heavy atom. The van der Waals surface area contributed by atoms with Crippen LogP contribution in [0.15, 0.2) is 18.5 Å². The molecule has 0 saturated carbocycles. The number of aromatic amines is 1. The molecule has 0 fully saturated rings. The van der Waals surface area contributed by atoms with Crippen molar-refractivity contribution in [3.05, 3.63) is 29.7 Å². The first-order chi connectivity index (χ1) is 7.59. The summed E-state index contributed by atoms with van der Waals surface area (Å²) in [7, 11) is 0. The smallest absolute Gasteiger partial charge is 0.268 e. The number of carbonyl (C=O) groups is 1. The minimum Gasteiger partial charge on any atom is -0.364 e. The summed E-state index contributed by atoms with van der Waals surface area (Å²) < 4.78 is 24.6. The van der Waals surface area contributed by atoms with Crippen molar-refractivity contribution in [3.8, 4) is 0 Å². The van der Waals surface area contributed by atoms with E-state index in [9.17, 15) is 13.6 Å². The van der Waals surface area contributed by atoms with Crippen molar-refractivity contribution in [1.29, 1.82) is 0 Å². The highest BCUT2D eigenvalue weighted by molar-refractivity contribution is 6.05. The summed E-state index contributed by atoms with van der Waals surface area (Å²) in [6.07, 6.45) is -0.0397. The van der Waals surface area contributed by atoms with Crippen LogP contribution < -0.4 is 5.73 Å². The maximum atomic E-state index is 12.3. The van der Waals surface area contributed by atoms with Crippen LogP contribution in [-0.4, -0.2) is 22.3 Å². The van der Waals surface area contributed by atoms with Crippen LogP contribution in [0.25, 0.3) is 10.9 Å². The van der Waals surface area contributed by atoms with Gasteiger partial charge in [-0.25, -0.2) is 8.78 Å². The average molecular weight is 225 g/mol. The Morgan fingerprint density at radius 3 is 2.94 bits per heavy atom. The molecule has 6 heteroatoms. The summed E-state index contributed by atoms with van der Waals surface area (Å²) in [6, 6.07) is 1.61. The third kappa shape index (κ3) is 1.73. The molecule has 0 atom stereocenters. The van der Waals surface area contributed by atoms with Crippen molar-refractivity contribution in [2.75, 3.05) is 0 Å². The minimum absolute atomic E-state index is 0.0226. The molecule has 16 heavy (non-hydrogen) atoms. The second kappa shape index (κ2) is 3.88. The quantitative estimate of drug-likeness (QED) is 0.830. The fourth-order valence-electron chi connectivity index (χ4n) is 1.66. The van der Waals surface area contributed by atoms with Crippen LogP contribution in [0.2, 0.25) is 0 Å². The monoisotopic (exact) mass is 225 g/mol. The van der Waals surface area contributed by atoms with E-state index in [0.717, 1.165) is 0 Å². The van der Waals surface area contributed by atoms with Crippen LogP contribution in [0.1, 0.15) is 16.1 Å². The number of nitrogens with one attached hydrogen (secondary N) is 1. The molecule has 0 saturated heterocycles. The van der Waals surface area contributed by atoms with E-state index in [1.54, 1.807) is 6.07 Å². The zero-order chi connectivity index (χ0) is 11.7. The molecule has 0 unspecified atom stereocenters. The third-order valence-corrected chi connectivity index (χ3v) is 2.28. The van der Waals surface area contributed by atoms with Crippen LogP contribution >= 0.6 is 0 Å². The number of aromatic nitrogens is 2. The van der Waals surface area contributed by atoms with Gasteiger partial charge in [0.15, 0.2) is 0 Å².